The smallest absolute Gasteiger partial charge is 0.343 e. The third kappa shape index (κ3) is 20.5. The van der Waals surface area contributed by atoms with Crippen molar-refractivity contribution in [3.63, 3.8) is 0 Å². The van der Waals surface area contributed by atoms with Crippen molar-refractivity contribution in [3.05, 3.63) is 0 Å². The Kier molecular flexibility index (Phi) is 30.0. The Morgan fingerprint density at radius 1 is 0.587 bits per heavy atom. The van der Waals surface area contributed by atoms with Crippen LogP contribution in [0.25, 0.3) is 0 Å². The van der Waals surface area contributed by atoms with E-state index in [2.05, 4.69) is 21.3 Å². The largest absolute Gasteiger partial charge is 0.393 e. The van der Waals surface area contributed by atoms with Gasteiger partial charge < -0.3 is 65.4 Å². The number of piperidine rings is 2. The average molecular weight is 1490 g/mol. The van der Waals surface area contributed by atoms with E-state index in [1.165, 1.54) is 88.4 Å². The Morgan fingerprint density at radius 3 is 1.79 bits per heavy atom. The number of alkyl halides is 4. The average Bonchev–Trinajstić information content (AvgIpc) is 1.33. The topological polar surface area (TPSA) is 282 Å². The standard InChI is InChI=1S/C75H121ClF3N13O12/c1-11-47(2)63-71(102)85(5)46-62(95)92-39-33-56(92)69(100)88(8)58(41-49-24-15-12-16-25-49)68(99)84(4)45-60(93)81-55(32-30-50-29-31-53(54(76)40-50)75(77,78)79)67(98)87(7)57(42-51-26-23-36-80-44-51)66(97)83-74(34-19-20-35-74)73(104)90(10)64(52-27-17-13-18-28-52)72(103)89(9)59(70(101)91-37-21-14-22-38-91)43-61(94)86(6)48(3)65(96)82-63/h47-59,63-64,80H,11-46H2,1-10H3,(H,81,93)(H,82,96)(H,83,97)/t47-,48-,50?,51?,53?,54?,55-,56-,57-,58-,59-,63?,64-/m0/s1. The number of nitrogens with zero attached hydrogens (tertiary/aromatic N) is 9. The van der Waals surface area contributed by atoms with Crippen molar-refractivity contribution in [1.82, 2.24) is 65.4 Å². The van der Waals surface area contributed by atoms with Crippen LogP contribution in [0.4, 0.5) is 13.2 Å². The van der Waals surface area contributed by atoms with Crippen LogP contribution in [0.15, 0.2) is 0 Å². The number of hydrogen-bond donors (Lipinski definition) is 4. The molecule has 0 aromatic rings. The lowest BCUT2D eigenvalue weighted by Gasteiger charge is -2.44. The number of amides is 12. The van der Waals surface area contributed by atoms with Gasteiger partial charge in [0.2, 0.25) is 70.9 Å². The zero-order valence-corrected chi connectivity index (χ0v) is 64.3. The van der Waals surface area contributed by atoms with Crippen LogP contribution in [0.3, 0.4) is 0 Å². The summed E-state index contributed by atoms with van der Waals surface area (Å²) < 4.78 is 42.4. The highest BCUT2D eigenvalue weighted by Gasteiger charge is 2.52. The predicted octanol–water partition coefficient (Wildman–Crippen LogP) is 5.83. The van der Waals surface area contributed by atoms with Crippen molar-refractivity contribution in [2.75, 3.05) is 95.1 Å². The van der Waals surface area contributed by atoms with Crippen molar-refractivity contribution in [2.45, 2.75) is 272 Å². The Hall–Kier alpha value is -6.32. The number of likely N-dealkylation sites (tertiary alicyclic amines) is 1. The quantitative estimate of drug-likeness (QED) is 0.178. The van der Waals surface area contributed by atoms with Gasteiger partial charge >= 0.3 is 6.18 Å². The first-order valence-corrected chi connectivity index (χ1v) is 39.5. The van der Waals surface area contributed by atoms with Crippen molar-refractivity contribution in [2.24, 2.45) is 35.5 Å². The Bertz CT molecular complexity index is 3030. The second-order valence-corrected chi connectivity index (χ2v) is 32.6. The summed E-state index contributed by atoms with van der Waals surface area (Å²) in [7, 11) is 10.2. The van der Waals surface area contributed by atoms with Crippen LogP contribution in [-0.4, -0.2) is 276 Å². The number of carbonyl (C=O) groups is 12. The van der Waals surface area contributed by atoms with E-state index in [1.54, 1.807) is 18.9 Å². The van der Waals surface area contributed by atoms with Crippen molar-refractivity contribution >= 4 is 82.5 Å². The lowest BCUT2D eigenvalue weighted by atomic mass is 9.78. The first kappa shape index (κ1) is 83.3. The highest BCUT2D eigenvalue weighted by atomic mass is 35.5. The van der Waals surface area contributed by atoms with Gasteiger partial charge in [-0.15, -0.1) is 11.6 Å². The minimum Gasteiger partial charge on any atom is -0.343 e. The molecule has 4 saturated heterocycles. The molecule has 4 heterocycles. The summed E-state index contributed by atoms with van der Waals surface area (Å²) in [5, 5.41) is 11.1. The van der Waals surface area contributed by atoms with E-state index in [0.717, 1.165) is 70.8 Å². The zero-order valence-electron chi connectivity index (χ0n) is 63.6. The molecule has 4 N–H and O–H groups in total. The maximum atomic E-state index is 16.0. The van der Waals surface area contributed by atoms with E-state index in [-0.39, 0.29) is 88.5 Å². The van der Waals surface area contributed by atoms with Gasteiger partial charge in [0.05, 0.1) is 25.4 Å². The number of likely N-dealkylation sites (N-methyl/N-ethyl adjacent to an activating group) is 7. The van der Waals surface area contributed by atoms with E-state index >= 15 is 28.8 Å². The van der Waals surface area contributed by atoms with Gasteiger partial charge in [0, 0.05) is 74.3 Å². The normalized spacial score (nSPS) is 31.6. The Labute approximate surface area is 618 Å². The lowest BCUT2D eigenvalue weighted by molar-refractivity contribution is -0.182. The molecule has 8 aliphatic rings. The molecule has 4 aliphatic heterocycles. The molecule has 1 spiro atoms. The van der Waals surface area contributed by atoms with E-state index in [9.17, 15) is 41.9 Å². The van der Waals surface area contributed by atoms with E-state index in [0.29, 0.717) is 71.0 Å². The molecule has 0 bridgehead atoms. The van der Waals surface area contributed by atoms with Crippen LogP contribution in [0.2, 0.25) is 0 Å². The molecule has 8 rings (SSSR count). The zero-order chi connectivity index (χ0) is 76.1. The van der Waals surface area contributed by atoms with Gasteiger partial charge in [-0.05, 0) is 159 Å². The van der Waals surface area contributed by atoms with Gasteiger partial charge in [0.25, 0.3) is 0 Å². The number of hydrogen-bond acceptors (Lipinski definition) is 13. The van der Waals surface area contributed by atoms with Gasteiger partial charge in [0.15, 0.2) is 0 Å². The summed E-state index contributed by atoms with van der Waals surface area (Å²) in [4.78, 5) is 193. The monoisotopic (exact) mass is 1490 g/mol. The SMILES string of the molecule is CC[C@H](C)C1NC(=O)[C@H](C)N(C)C(=O)C[C@@H](C(=O)N2CCCCC2)N(C)C(=O)[C@H](C2CCCCC2)N(C)C(=O)C2(CCCC2)NC(=O)[C@H](CC2CCCNC2)N(C)C(=O)[C@H](CCC2CCC(C(F)(F)F)C(Cl)C2)NC(=O)CN(C)C(=O)[C@H](CC2CCCCC2)N(C)C(=O)[C@@H]2CCN2C(=O)CN(C)C1=O. The van der Waals surface area contributed by atoms with E-state index in [4.69, 9.17) is 11.6 Å². The number of nitrogens with one attached hydrogen (secondary N) is 4. The summed E-state index contributed by atoms with van der Waals surface area (Å²) in [5.41, 5.74) is -1.59. The number of halogens is 4. The molecule has 8 fully saturated rings. The van der Waals surface area contributed by atoms with Crippen molar-refractivity contribution in [3.8, 4) is 0 Å². The molecule has 13 atom stereocenters. The summed E-state index contributed by atoms with van der Waals surface area (Å²) in [6, 6.07) is -9.72. The van der Waals surface area contributed by atoms with Crippen LogP contribution < -0.4 is 21.3 Å². The molecule has 5 unspecified atom stereocenters. The maximum absolute atomic E-state index is 16.0. The molecule has 12 amide bonds. The second kappa shape index (κ2) is 37.5. The summed E-state index contributed by atoms with van der Waals surface area (Å²) in [5.74, 6) is -10.4. The van der Waals surface area contributed by atoms with Crippen molar-refractivity contribution in [1.29, 1.82) is 0 Å². The highest BCUT2D eigenvalue weighted by Crippen LogP contribution is 2.44. The number of rotatable bonds is 11. The second-order valence-electron chi connectivity index (χ2n) is 32.1. The first-order chi connectivity index (χ1) is 49.3. The number of carbonyl (C=O) groups excluding carboxylic acids is 12. The fourth-order valence-corrected chi connectivity index (χ4v) is 18.2. The predicted molar refractivity (Wildman–Crippen MR) is 385 cm³/mol. The van der Waals surface area contributed by atoms with Crippen LogP contribution in [0.5, 0.6) is 0 Å². The molecule has 586 valence electrons. The van der Waals surface area contributed by atoms with E-state index < -0.39 is 174 Å². The van der Waals surface area contributed by atoms with E-state index in [1.807, 2.05) is 6.92 Å². The summed E-state index contributed by atoms with van der Waals surface area (Å²) >= 11 is 6.47. The Balaban J connectivity index is 1.18. The maximum Gasteiger partial charge on any atom is 0.393 e. The molecule has 104 heavy (non-hydrogen) atoms. The third-order valence-corrected chi connectivity index (χ3v) is 25.4. The van der Waals surface area contributed by atoms with Crippen LogP contribution in [-0.2, 0) is 57.5 Å². The minimum absolute atomic E-state index is 0.00679. The van der Waals surface area contributed by atoms with Gasteiger partial charge in [-0.25, -0.2) is 0 Å². The van der Waals surface area contributed by atoms with Crippen LogP contribution in [0, 0.1) is 35.5 Å². The minimum atomic E-state index is -4.52. The fraction of sp³-hybridized carbons (Fsp3) is 0.840. The summed E-state index contributed by atoms with van der Waals surface area (Å²) in [6.07, 6.45) is 9.01. The molecule has 4 aliphatic carbocycles. The van der Waals surface area contributed by atoms with Gasteiger partial charge in [-0.1, -0.05) is 84.5 Å². The number of fused-ring (bicyclic) bond motifs is 1. The van der Waals surface area contributed by atoms with Crippen LogP contribution in [0.1, 0.15) is 207 Å². The Morgan fingerprint density at radius 2 is 1.19 bits per heavy atom. The molecule has 4 saturated carbocycles. The lowest BCUT2D eigenvalue weighted by Crippen LogP contribution is -2.66. The highest BCUT2D eigenvalue weighted by molar-refractivity contribution is 6.21. The molecule has 0 aromatic heterocycles. The third-order valence-electron chi connectivity index (χ3n) is 25.0. The molecular weight excluding hydrogens is 1370 g/mol. The molecule has 0 radical (unpaired) electrons. The van der Waals surface area contributed by atoms with Gasteiger partial charge in [-0.2, -0.15) is 13.2 Å². The fourth-order valence-electron chi connectivity index (χ4n) is 17.7. The van der Waals surface area contributed by atoms with Gasteiger partial charge in [0.1, 0.15) is 53.9 Å². The first-order valence-electron chi connectivity index (χ1n) is 39.0. The molecule has 25 nitrogen and oxygen atoms in total. The van der Waals surface area contributed by atoms with Crippen molar-refractivity contribution < 1.29 is 70.7 Å². The molecular formula is C75H121ClF3N13O12. The molecule has 0 aromatic carbocycles. The molecule has 29 heteroatoms. The summed E-state index contributed by atoms with van der Waals surface area (Å²) in [6.45, 7) is 6.19. The van der Waals surface area contributed by atoms with Crippen LogP contribution >= 0.6 is 11.6 Å². The van der Waals surface area contributed by atoms with Gasteiger partial charge in [-0.3, -0.25) is 57.5 Å².